The number of anilines is 1. The molecule has 1 unspecified atom stereocenters. The molecule has 1 aliphatic heterocycles. The molecule has 3 nitrogen and oxygen atoms in total. The number of amidine groups is 1. The van der Waals surface area contributed by atoms with Crippen molar-refractivity contribution in [1.29, 1.82) is 5.41 Å². The minimum Gasteiger partial charge on any atom is -0.384 e. The fourth-order valence-corrected chi connectivity index (χ4v) is 3.59. The molecule has 1 fully saturated rings. The van der Waals surface area contributed by atoms with Crippen molar-refractivity contribution in [2.75, 3.05) is 18.0 Å². The molecule has 1 saturated heterocycles. The van der Waals surface area contributed by atoms with Crippen molar-refractivity contribution < 1.29 is 0 Å². The van der Waals surface area contributed by atoms with Crippen molar-refractivity contribution in [3.8, 4) is 0 Å². The quantitative estimate of drug-likeness (QED) is 0.647. The summed E-state index contributed by atoms with van der Waals surface area (Å²) in [4.78, 5) is 2.45. The van der Waals surface area contributed by atoms with Gasteiger partial charge in [0, 0.05) is 23.1 Å². The number of halogens is 1. The van der Waals surface area contributed by atoms with Gasteiger partial charge in [-0.05, 0) is 65.2 Å². The summed E-state index contributed by atoms with van der Waals surface area (Å²) < 4.78 is 1.04. The van der Waals surface area contributed by atoms with Crippen LogP contribution in [0, 0.1) is 17.2 Å². The lowest BCUT2D eigenvalue weighted by Gasteiger charge is -2.25. The van der Waals surface area contributed by atoms with Crippen LogP contribution in [0.25, 0.3) is 0 Å². The maximum Gasteiger partial charge on any atom is 0.122 e. The monoisotopic (exact) mass is 337 g/mol. The number of nitrogen functional groups attached to an aromatic ring is 1. The van der Waals surface area contributed by atoms with Crippen LogP contribution in [0.3, 0.4) is 0 Å². The summed E-state index contributed by atoms with van der Waals surface area (Å²) in [7, 11) is 0. The molecule has 20 heavy (non-hydrogen) atoms. The molecular weight excluding hydrogens is 314 g/mol. The first-order chi connectivity index (χ1) is 9.49. The summed E-state index contributed by atoms with van der Waals surface area (Å²) in [6.07, 6.45) is 3.85. The minimum atomic E-state index is 0.119. The van der Waals surface area contributed by atoms with Gasteiger partial charge in [0.2, 0.25) is 0 Å². The zero-order valence-electron chi connectivity index (χ0n) is 12.3. The summed E-state index contributed by atoms with van der Waals surface area (Å²) in [5.41, 5.74) is 7.53. The van der Waals surface area contributed by atoms with E-state index in [0.717, 1.165) is 35.0 Å². The number of hydrogen-bond donors (Lipinski definition) is 2. The smallest absolute Gasteiger partial charge is 0.122 e. The molecule has 0 amide bonds. The largest absolute Gasteiger partial charge is 0.384 e. The topological polar surface area (TPSA) is 53.1 Å². The van der Waals surface area contributed by atoms with Crippen LogP contribution in [-0.2, 0) is 0 Å². The highest BCUT2D eigenvalue weighted by atomic mass is 79.9. The van der Waals surface area contributed by atoms with Crippen LogP contribution in [0.1, 0.15) is 38.7 Å². The number of nitrogens with one attached hydrogen (secondary N) is 1. The van der Waals surface area contributed by atoms with Crippen molar-refractivity contribution in [2.24, 2.45) is 17.6 Å². The molecule has 2 rings (SSSR count). The van der Waals surface area contributed by atoms with Crippen molar-refractivity contribution in [3.63, 3.8) is 0 Å². The van der Waals surface area contributed by atoms with Crippen molar-refractivity contribution in [2.45, 2.75) is 33.1 Å². The number of benzene rings is 1. The number of rotatable bonds is 3. The van der Waals surface area contributed by atoms with E-state index in [1.165, 1.54) is 24.9 Å². The summed E-state index contributed by atoms with van der Waals surface area (Å²) in [5, 5.41) is 7.50. The van der Waals surface area contributed by atoms with E-state index in [9.17, 15) is 0 Å². The Hall–Kier alpha value is -1.03. The van der Waals surface area contributed by atoms with E-state index < -0.39 is 0 Å². The number of hydrogen-bond acceptors (Lipinski definition) is 2. The Morgan fingerprint density at radius 3 is 2.70 bits per heavy atom. The van der Waals surface area contributed by atoms with Gasteiger partial charge in [-0.1, -0.05) is 13.8 Å². The van der Waals surface area contributed by atoms with Gasteiger partial charge in [0.1, 0.15) is 5.84 Å². The molecular formula is C16H24BrN3. The standard InChI is InChI=1S/C16H24BrN3/c1-11(2)12-4-3-8-20(9-7-12)15-6-5-13(16(18)19)10-14(15)17/h5-6,10-12H,3-4,7-9H2,1-2H3,(H3,18,19). The predicted octanol–water partition coefficient (Wildman–Crippen LogP) is 4.00. The van der Waals surface area contributed by atoms with Gasteiger partial charge in [-0.3, -0.25) is 5.41 Å². The van der Waals surface area contributed by atoms with Gasteiger partial charge >= 0.3 is 0 Å². The average Bonchev–Trinajstić information content (AvgIpc) is 2.64. The van der Waals surface area contributed by atoms with Gasteiger partial charge in [-0.2, -0.15) is 0 Å². The zero-order chi connectivity index (χ0) is 14.7. The van der Waals surface area contributed by atoms with Gasteiger partial charge < -0.3 is 10.6 Å². The number of nitrogens with two attached hydrogens (primary N) is 1. The van der Waals surface area contributed by atoms with Gasteiger partial charge in [0.05, 0.1) is 5.69 Å². The molecule has 110 valence electrons. The van der Waals surface area contributed by atoms with Crippen LogP contribution >= 0.6 is 15.9 Å². The molecule has 1 aliphatic rings. The van der Waals surface area contributed by atoms with E-state index >= 15 is 0 Å². The Balaban J connectivity index is 2.13. The van der Waals surface area contributed by atoms with Crippen LogP contribution in [0.5, 0.6) is 0 Å². The van der Waals surface area contributed by atoms with Crippen LogP contribution in [0.15, 0.2) is 22.7 Å². The third-order valence-corrected chi connectivity index (χ3v) is 4.95. The van der Waals surface area contributed by atoms with Crippen molar-refractivity contribution >= 4 is 27.5 Å². The van der Waals surface area contributed by atoms with Gasteiger partial charge in [0.15, 0.2) is 0 Å². The van der Waals surface area contributed by atoms with E-state index in [2.05, 4.69) is 40.7 Å². The molecule has 1 aromatic rings. The molecule has 0 saturated carbocycles. The Morgan fingerprint density at radius 2 is 2.10 bits per heavy atom. The van der Waals surface area contributed by atoms with E-state index in [4.69, 9.17) is 11.1 Å². The summed E-state index contributed by atoms with van der Waals surface area (Å²) in [6, 6.07) is 5.96. The first kappa shape index (κ1) is 15.4. The van der Waals surface area contributed by atoms with E-state index in [1.807, 2.05) is 12.1 Å². The van der Waals surface area contributed by atoms with E-state index in [0.29, 0.717) is 0 Å². The van der Waals surface area contributed by atoms with E-state index in [1.54, 1.807) is 0 Å². The fourth-order valence-electron chi connectivity index (χ4n) is 2.96. The first-order valence-corrected chi connectivity index (χ1v) is 8.17. The second kappa shape index (κ2) is 6.61. The highest BCUT2D eigenvalue weighted by molar-refractivity contribution is 9.10. The van der Waals surface area contributed by atoms with Gasteiger partial charge in [-0.15, -0.1) is 0 Å². The van der Waals surface area contributed by atoms with Crippen molar-refractivity contribution in [1.82, 2.24) is 0 Å². The molecule has 1 aromatic carbocycles. The maximum atomic E-state index is 7.50. The lowest BCUT2D eigenvalue weighted by molar-refractivity contribution is 0.351. The Bertz CT molecular complexity index is 485. The molecule has 1 heterocycles. The number of nitrogens with zero attached hydrogens (tertiary/aromatic N) is 1. The summed E-state index contributed by atoms with van der Waals surface area (Å²) in [6.45, 7) is 6.89. The lowest BCUT2D eigenvalue weighted by atomic mass is 9.89. The molecule has 3 N–H and O–H groups in total. The normalized spacial score (nSPS) is 20.0. The van der Waals surface area contributed by atoms with Gasteiger partial charge in [0.25, 0.3) is 0 Å². The fraction of sp³-hybridized carbons (Fsp3) is 0.562. The molecule has 1 atom stereocenters. The highest BCUT2D eigenvalue weighted by Crippen LogP contribution is 2.32. The van der Waals surface area contributed by atoms with Crippen LogP contribution < -0.4 is 10.6 Å². The van der Waals surface area contributed by atoms with Crippen LogP contribution in [-0.4, -0.2) is 18.9 Å². The second-order valence-corrected chi connectivity index (χ2v) is 6.86. The van der Waals surface area contributed by atoms with Crippen molar-refractivity contribution in [3.05, 3.63) is 28.2 Å². The molecule has 0 aliphatic carbocycles. The maximum absolute atomic E-state index is 7.50. The molecule has 0 spiro atoms. The lowest BCUT2D eigenvalue weighted by Crippen LogP contribution is -2.25. The van der Waals surface area contributed by atoms with Crippen LogP contribution in [0.4, 0.5) is 5.69 Å². The third kappa shape index (κ3) is 3.54. The third-order valence-electron chi connectivity index (χ3n) is 4.31. The Morgan fingerprint density at radius 1 is 1.35 bits per heavy atom. The zero-order valence-corrected chi connectivity index (χ0v) is 13.9. The SMILES string of the molecule is CC(C)C1CCCN(c2ccc(C(=N)N)cc2Br)CC1. The van der Waals surface area contributed by atoms with E-state index in [-0.39, 0.29) is 5.84 Å². The second-order valence-electron chi connectivity index (χ2n) is 6.00. The average molecular weight is 338 g/mol. The molecule has 4 heteroatoms. The Labute approximate surface area is 130 Å². The Kier molecular flexibility index (Phi) is 5.08. The van der Waals surface area contributed by atoms with Gasteiger partial charge in [-0.25, -0.2) is 0 Å². The predicted molar refractivity (Wildman–Crippen MR) is 89.6 cm³/mol. The molecule has 0 radical (unpaired) electrons. The van der Waals surface area contributed by atoms with Crippen LogP contribution in [0.2, 0.25) is 0 Å². The summed E-state index contributed by atoms with van der Waals surface area (Å²) in [5.74, 6) is 1.74. The summed E-state index contributed by atoms with van der Waals surface area (Å²) >= 11 is 3.63. The minimum absolute atomic E-state index is 0.119. The molecule has 0 aromatic heterocycles. The first-order valence-electron chi connectivity index (χ1n) is 7.38. The highest BCUT2D eigenvalue weighted by Gasteiger charge is 2.20. The molecule has 0 bridgehead atoms.